The van der Waals surface area contributed by atoms with Gasteiger partial charge in [-0.25, -0.2) is 0 Å². The van der Waals surface area contributed by atoms with Crippen LogP contribution in [0.15, 0.2) is 24.5 Å². The van der Waals surface area contributed by atoms with Crippen LogP contribution in [0, 0.1) is 6.92 Å². The highest BCUT2D eigenvalue weighted by molar-refractivity contribution is 5.05. The highest BCUT2D eigenvalue weighted by atomic mass is 16.5. The summed E-state index contributed by atoms with van der Waals surface area (Å²) in [6.07, 6.45) is 4.71. The zero-order valence-corrected chi connectivity index (χ0v) is 10.8. The predicted molar refractivity (Wildman–Crippen MR) is 67.1 cm³/mol. The molecule has 0 aliphatic rings. The topological polar surface area (TPSA) is 22.1 Å². The third kappa shape index (κ3) is 15.8. The van der Waals surface area contributed by atoms with Crippen LogP contribution in [0.5, 0.6) is 0 Å². The molecule has 0 N–H and O–H groups in total. The average Bonchev–Trinajstić information content (AvgIpc) is 2.31. The van der Waals surface area contributed by atoms with E-state index in [0.29, 0.717) is 0 Å². The fraction of sp³-hybridized carbons (Fsp3) is 0.615. The Labute approximate surface area is 94.7 Å². The van der Waals surface area contributed by atoms with Crippen LogP contribution in [0.1, 0.15) is 39.7 Å². The van der Waals surface area contributed by atoms with Gasteiger partial charge in [-0.3, -0.25) is 4.98 Å². The second kappa shape index (κ2) is 15.6. The minimum atomic E-state index is 0.855. The lowest BCUT2D eigenvalue weighted by Crippen LogP contribution is -1.88. The molecule has 1 heterocycles. The van der Waals surface area contributed by atoms with Gasteiger partial charge in [-0.2, -0.15) is 0 Å². The number of aromatic nitrogens is 1. The Bertz CT molecular complexity index is 183. The van der Waals surface area contributed by atoms with Crippen molar-refractivity contribution >= 4 is 0 Å². The first kappa shape index (κ1) is 16.5. The maximum Gasteiger partial charge on any atom is 0.0463 e. The number of pyridine rings is 1. The van der Waals surface area contributed by atoms with E-state index in [4.69, 9.17) is 4.74 Å². The predicted octanol–water partition coefficient (Wildman–Crippen LogP) is 3.85. The van der Waals surface area contributed by atoms with Crippen LogP contribution in [0.4, 0.5) is 0 Å². The van der Waals surface area contributed by atoms with Crippen molar-refractivity contribution in [3.8, 4) is 0 Å². The first-order chi connectivity index (χ1) is 7.31. The van der Waals surface area contributed by atoms with Crippen molar-refractivity contribution in [2.24, 2.45) is 0 Å². The van der Waals surface area contributed by atoms with Crippen molar-refractivity contribution in [1.82, 2.24) is 4.98 Å². The van der Waals surface area contributed by atoms with E-state index in [1.54, 1.807) is 12.4 Å². The van der Waals surface area contributed by atoms with E-state index >= 15 is 0 Å². The fourth-order valence-electron chi connectivity index (χ4n) is 0.715. The third-order valence-corrected chi connectivity index (χ3v) is 1.40. The van der Waals surface area contributed by atoms with E-state index in [1.165, 1.54) is 5.56 Å². The number of nitrogens with zero attached hydrogens (tertiary/aromatic N) is 1. The van der Waals surface area contributed by atoms with Crippen molar-refractivity contribution in [2.45, 2.75) is 41.0 Å². The van der Waals surface area contributed by atoms with Crippen molar-refractivity contribution in [3.63, 3.8) is 0 Å². The molecular weight excluding hydrogens is 186 g/mol. The Morgan fingerprint density at radius 1 is 1.13 bits per heavy atom. The van der Waals surface area contributed by atoms with Gasteiger partial charge >= 0.3 is 0 Å². The van der Waals surface area contributed by atoms with E-state index in [-0.39, 0.29) is 0 Å². The third-order valence-electron chi connectivity index (χ3n) is 1.40. The molecule has 0 atom stereocenters. The average molecular weight is 211 g/mol. The molecule has 0 amide bonds. The SMILES string of the molecule is CC.CCCOCC.Cc1ccncc1. The molecule has 0 aromatic carbocycles. The zero-order chi connectivity index (χ0) is 11.9. The van der Waals surface area contributed by atoms with Gasteiger partial charge in [-0.15, -0.1) is 0 Å². The number of ether oxygens (including phenoxy) is 1. The summed E-state index contributed by atoms with van der Waals surface area (Å²) in [4.78, 5) is 3.85. The molecule has 1 aromatic rings. The standard InChI is InChI=1S/C6H7N.C5H12O.C2H6/c1-6-2-4-7-5-3-6;1-3-5-6-4-2;1-2/h2-5H,1H3;3-5H2,1-2H3;1-2H3. The Morgan fingerprint density at radius 2 is 1.67 bits per heavy atom. The number of hydrogen-bond acceptors (Lipinski definition) is 2. The molecule has 0 aliphatic heterocycles. The summed E-state index contributed by atoms with van der Waals surface area (Å²) in [5.74, 6) is 0. The van der Waals surface area contributed by atoms with E-state index in [9.17, 15) is 0 Å². The monoisotopic (exact) mass is 211 g/mol. The summed E-state index contributed by atoms with van der Waals surface area (Å²) < 4.78 is 4.98. The van der Waals surface area contributed by atoms with Crippen molar-refractivity contribution in [3.05, 3.63) is 30.1 Å². The molecular formula is C13H25NO. The minimum absolute atomic E-state index is 0.855. The maximum absolute atomic E-state index is 4.98. The van der Waals surface area contributed by atoms with Gasteiger partial charge in [0.25, 0.3) is 0 Å². The summed E-state index contributed by atoms with van der Waals surface area (Å²) in [7, 11) is 0. The van der Waals surface area contributed by atoms with Gasteiger partial charge in [-0.1, -0.05) is 20.8 Å². The smallest absolute Gasteiger partial charge is 0.0463 e. The zero-order valence-electron chi connectivity index (χ0n) is 10.8. The Balaban J connectivity index is 0. The van der Waals surface area contributed by atoms with Crippen LogP contribution < -0.4 is 0 Å². The van der Waals surface area contributed by atoms with Gasteiger partial charge < -0.3 is 4.74 Å². The first-order valence-corrected chi connectivity index (χ1v) is 5.75. The summed E-state index contributed by atoms with van der Waals surface area (Å²) in [6, 6.07) is 3.94. The Morgan fingerprint density at radius 3 is 1.87 bits per heavy atom. The molecule has 0 aliphatic carbocycles. The van der Waals surface area contributed by atoms with Crippen LogP contribution >= 0.6 is 0 Å². The molecule has 0 spiro atoms. The van der Waals surface area contributed by atoms with E-state index < -0.39 is 0 Å². The van der Waals surface area contributed by atoms with Gasteiger partial charge in [0.1, 0.15) is 0 Å². The number of hydrogen-bond donors (Lipinski definition) is 0. The van der Waals surface area contributed by atoms with Crippen LogP contribution in [0.2, 0.25) is 0 Å². The molecule has 1 aromatic heterocycles. The van der Waals surface area contributed by atoms with E-state index in [0.717, 1.165) is 19.6 Å². The molecule has 88 valence electrons. The van der Waals surface area contributed by atoms with Crippen LogP contribution in [0.3, 0.4) is 0 Å². The Hall–Kier alpha value is -0.890. The van der Waals surface area contributed by atoms with E-state index in [1.807, 2.05) is 39.8 Å². The van der Waals surface area contributed by atoms with Gasteiger partial charge in [0, 0.05) is 25.6 Å². The van der Waals surface area contributed by atoms with Crippen molar-refractivity contribution in [1.29, 1.82) is 0 Å². The first-order valence-electron chi connectivity index (χ1n) is 5.75. The van der Waals surface area contributed by atoms with Crippen molar-refractivity contribution < 1.29 is 4.74 Å². The molecule has 0 fully saturated rings. The van der Waals surface area contributed by atoms with Gasteiger partial charge in [0.2, 0.25) is 0 Å². The highest BCUT2D eigenvalue weighted by Gasteiger charge is 1.73. The normalized spacial score (nSPS) is 8.07. The van der Waals surface area contributed by atoms with Crippen LogP contribution in [-0.2, 0) is 4.74 Å². The van der Waals surface area contributed by atoms with E-state index in [2.05, 4.69) is 11.9 Å². The number of rotatable bonds is 3. The lowest BCUT2D eigenvalue weighted by Gasteiger charge is -1.91. The molecule has 0 unspecified atom stereocenters. The summed E-state index contributed by atoms with van der Waals surface area (Å²) in [6.45, 7) is 11.9. The fourth-order valence-corrected chi connectivity index (χ4v) is 0.715. The van der Waals surface area contributed by atoms with Crippen LogP contribution in [0.25, 0.3) is 0 Å². The molecule has 0 radical (unpaired) electrons. The quantitative estimate of drug-likeness (QED) is 0.708. The lowest BCUT2D eigenvalue weighted by atomic mass is 10.3. The molecule has 2 heteroatoms. The van der Waals surface area contributed by atoms with Crippen molar-refractivity contribution in [2.75, 3.05) is 13.2 Å². The Kier molecular flexibility index (Phi) is 17.2. The van der Waals surface area contributed by atoms with Gasteiger partial charge in [-0.05, 0) is 38.0 Å². The lowest BCUT2D eigenvalue weighted by molar-refractivity contribution is 0.148. The van der Waals surface area contributed by atoms with Gasteiger partial charge in [0.05, 0.1) is 0 Å². The molecule has 0 bridgehead atoms. The second-order valence-corrected chi connectivity index (χ2v) is 2.72. The summed E-state index contributed by atoms with van der Waals surface area (Å²) in [5.41, 5.74) is 1.26. The summed E-state index contributed by atoms with van der Waals surface area (Å²) in [5, 5.41) is 0. The van der Waals surface area contributed by atoms with Crippen LogP contribution in [-0.4, -0.2) is 18.2 Å². The largest absolute Gasteiger partial charge is 0.382 e. The maximum atomic E-state index is 4.98. The summed E-state index contributed by atoms with van der Waals surface area (Å²) >= 11 is 0. The molecule has 0 saturated carbocycles. The molecule has 1 rings (SSSR count). The highest BCUT2D eigenvalue weighted by Crippen LogP contribution is 1.88. The van der Waals surface area contributed by atoms with Gasteiger partial charge in [0.15, 0.2) is 0 Å². The number of aryl methyl sites for hydroxylation is 1. The molecule has 2 nitrogen and oxygen atoms in total. The molecule has 0 saturated heterocycles. The molecule has 15 heavy (non-hydrogen) atoms. The second-order valence-electron chi connectivity index (χ2n) is 2.72. The minimum Gasteiger partial charge on any atom is -0.382 e.